The van der Waals surface area contributed by atoms with E-state index in [-0.39, 0.29) is 17.9 Å². The van der Waals surface area contributed by atoms with E-state index >= 15 is 0 Å². The van der Waals surface area contributed by atoms with E-state index in [1.807, 2.05) is 49.7 Å². The van der Waals surface area contributed by atoms with Gasteiger partial charge in [-0.25, -0.2) is 9.48 Å². The summed E-state index contributed by atoms with van der Waals surface area (Å²) in [6.45, 7) is 10.4. The number of likely N-dealkylation sites (tertiary alicyclic amines) is 2. The quantitative estimate of drug-likeness (QED) is 0.553. The molecule has 0 bridgehead atoms. The number of hydrogen-bond donors (Lipinski definition) is 1. The smallest absolute Gasteiger partial charge is 0.410 e. The number of nitrogens with one attached hydrogen (secondary N) is 1. The van der Waals surface area contributed by atoms with Crippen LogP contribution in [0.15, 0.2) is 30.5 Å². The average molecular weight is 530 g/mol. The normalized spacial score (nSPS) is 17.9. The zero-order valence-corrected chi connectivity index (χ0v) is 23.1. The Morgan fingerprint density at radius 2 is 1.78 bits per heavy atom. The maximum absolute atomic E-state index is 13.4. The number of aromatic nitrogens is 2. The lowest BCUT2D eigenvalue weighted by atomic mass is 9.91. The number of nitrogens with zero attached hydrogens (tertiary/aromatic N) is 4. The number of piperidine rings is 1. The number of carbonyl (C=O) groups is 2. The number of rotatable bonds is 6. The van der Waals surface area contributed by atoms with Crippen LogP contribution >= 0.6 is 11.6 Å². The first-order valence-corrected chi connectivity index (χ1v) is 13.9. The Hall–Kier alpha value is -2.58. The maximum Gasteiger partial charge on any atom is 0.410 e. The van der Waals surface area contributed by atoms with E-state index in [4.69, 9.17) is 16.3 Å². The van der Waals surface area contributed by atoms with Crippen molar-refractivity contribution in [1.82, 2.24) is 24.9 Å². The molecular formula is C28H40ClN5O3. The van der Waals surface area contributed by atoms with Crippen molar-refractivity contribution in [3.63, 3.8) is 0 Å². The molecule has 4 rings (SSSR count). The highest BCUT2D eigenvalue weighted by molar-refractivity contribution is 6.30. The van der Waals surface area contributed by atoms with Gasteiger partial charge in [-0.15, -0.1) is 0 Å². The molecule has 9 heteroatoms. The van der Waals surface area contributed by atoms with Crippen LogP contribution in [-0.2, 0) is 4.74 Å². The number of halogens is 1. The van der Waals surface area contributed by atoms with E-state index in [1.54, 1.807) is 11.1 Å². The molecule has 2 fully saturated rings. The summed E-state index contributed by atoms with van der Waals surface area (Å²) in [7, 11) is 0. The van der Waals surface area contributed by atoms with Crippen molar-refractivity contribution >= 4 is 23.6 Å². The van der Waals surface area contributed by atoms with E-state index in [2.05, 4.69) is 15.3 Å². The van der Waals surface area contributed by atoms with Gasteiger partial charge in [0.05, 0.1) is 23.1 Å². The van der Waals surface area contributed by atoms with Crippen LogP contribution in [0.4, 0.5) is 4.79 Å². The number of hydrogen-bond acceptors (Lipinski definition) is 5. The lowest BCUT2D eigenvalue weighted by Crippen LogP contribution is -2.41. The second kappa shape index (κ2) is 12.3. The molecule has 202 valence electrons. The minimum Gasteiger partial charge on any atom is -0.444 e. The molecule has 0 unspecified atom stereocenters. The molecule has 1 aromatic heterocycles. The Kier molecular flexibility index (Phi) is 9.13. The summed E-state index contributed by atoms with van der Waals surface area (Å²) in [4.78, 5) is 30.1. The molecule has 2 saturated heterocycles. The summed E-state index contributed by atoms with van der Waals surface area (Å²) < 4.78 is 7.40. The van der Waals surface area contributed by atoms with Gasteiger partial charge in [-0.3, -0.25) is 4.79 Å². The molecule has 3 heterocycles. The summed E-state index contributed by atoms with van der Waals surface area (Å²) >= 11 is 6.28. The monoisotopic (exact) mass is 529 g/mol. The van der Waals surface area contributed by atoms with Crippen LogP contribution in [0.3, 0.4) is 0 Å². The number of ether oxygens (including phenoxy) is 1. The Bertz CT molecular complexity index is 1060. The van der Waals surface area contributed by atoms with Crippen LogP contribution in [0.1, 0.15) is 81.3 Å². The predicted octanol–water partition coefficient (Wildman–Crippen LogP) is 5.25. The zero-order chi connectivity index (χ0) is 26.4. The molecule has 8 nitrogen and oxygen atoms in total. The van der Waals surface area contributed by atoms with Crippen LogP contribution in [0.25, 0.3) is 5.69 Å². The minimum atomic E-state index is -0.530. The van der Waals surface area contributed by atoms with E-state index in [9.17, 15) is 9.59 Å². The second-order valence-corrected chi connectivity index (χ2v) is 11.5. The molecule has 37 heavy (non-hydrogen) atoms. The van der Waals surface area contributed by atoms with Crippen LogP contribution in [0.2, 0.25) is 5.02 Å². The van der Waals surface area contributed by atoms with Gasteiger partial charge in [-0.1, -0.05) is 30.5 Å². The van der Waals surface area contributed by atoms with Gasteiger partial charge < -0.3 is 19.9 Å². The topological polar surface area (TPSA) is 79.7 Å². The Morgan fingerprint density at radius 1 is 1.08 bits per heavy atom. The Balaban J connectivity index is 1.49. The van der Waals surface area contributed by atoms with Gasteiger partial charge in [0.2, 0.25) is 0 Å². The second-order valence-electron chi connectivity index (χ2n) is 11.1. The summed E-state index contributed by atoms with van der Waals surface area (Å²) in [5, 5.41) is 8.36. The highest BCUT2D eigenvalue weighted by Crippen LogP contribution is 2.33. The third kappa shape index (κ3) is 7.48. The predicted molar refractivity (Wildman–Crippen MR) is 146 cm³/mol. The molecule has 0 radical (unpaired) electrons. The van der Waals surface area contributed by atoms with Gasteiger partial charge >= 0.3 is 6.09 Å². The fourth-order valence-electron chi connectivity index (χ4n) is 5.18. The van der Waals surface area contributed by atoms with Gasteiger partial charge in [0.25, 0.3) is 5.91 Å². The van der Waals surface area contributed by atoms with Crippen LogP contribution in [-0.4, -0.2) is 76.5 Å². The van der Waals surface area contributed by atoms with Gasteiger partial charge in [-0.2, -0.15) is 5.10 Å². The molecule has 0 aliphatic carbocycles. The van der Waals surface area contributed by atoms with Crippen molar-refractivity contribution in [3.8, 4) is 5.69 Å². The zero-order valence-electron chi connectivity index (χ0n) is 22.3. The van der Waals surface area contributed by atoms with Gasteiger partial charge in [0.1, 0.15) is 5.60 Å². The summed E-state index contributed by atoms with van der Waals surface area (Å²) in [5.41, 5.74) is 1.75. The van der Waals surface area contributed by atoms with Crippen molar-refractivity contribution in [1.29, 1.82) is 0 Å². The molecule has 2 amide bonds. The van der Waals surface area contributed by atoms with Crippen molar-refractivity contribution in [2.45, 2.75) is 70.8 Å². The van der Waals surface area contributed by atoms with E-state index in [0.29, 0.717) is 30.2 Å². The van der Waals surface area contributed by atoms with Gasteiger partial charge in [0, 0.05) is 37.1 Å². The molecule has 0 atom stereocenters. The fourth-order valence-corrected chi connectivity index (χ4v) is 5.37. The Morgan fingerprint density at radius 3 is 2.43 bits per heavy atom. The van der Waals surface area contributed by atoms with E-state index < -0.39 is 5.60 Å². The lowest BCUT2D eigenvalue weighted by molar-refractivity contribution is 0.0203. The highest BCUT2D eigenvalue weighted by atomic mass is 35.5. The van der Waals surface area contributed by atoms with Crippen LogP contribution < -0.4 is 5.32 Å². The third-order valence-corrected chi connectivity index (χ3v) is 7.28. The highest BCUT2D eigenvalue weighted by Gasteiger charge is 2.32. The van der Waals surface area contributed by atoms with Crippen molar-refractivity contribution in [2.24, 2.45) is 0 Å². The minimum absolute atomic E-state index is 0.0755. The number of carbonyl (C=O) groups excluding carboxylic acids is 2. The molecule has 1 N–H and O–H groups in total. The molecule has 0 spiro atoms. The number of benzene rings is 1. The van der Waals surface area contributed by atoms with E-state index in [0.717, 1.165) is 43.9 Å². The third-order valence-electron chi connectivity index (χ3n) is 7.05. The van der Waals surface area contributed by atoms with E-state index in [1.165, 1.54) is 25.7 Å². The van der Waals surface area contributed by atoms with Crippen molar-refractivity contribution in [3.05, 3.63) is 46.7 Å². The first-order valence-electron chi connectivity index (χ1n) is 13.5. The standard InChI is InChI=1S/C28H40ClN5O3/c1-28(2,3)37-27(36)33-16-11-21(12-17-33)25-24(20-31-34(25)23-10-8-9-22(29)19-23)26(35)30-13-18-32-14-6-4-5-7-15-32/h8-10,19-21H,4-7,11-18H2,1-3H3,(H,30,35). The van der Waals surface area contributed by atoms with Crippen molar-refractivity contribution in [2.75, 3.05) is 39.3 Å². The van der Waals surface area contributed by atoms with Gasteiger partial charge in [-0.05, 0) is 77.7 Å². The lowest BCUT2D eigenvalue weighted by Gasteiger charge is -2.34. The summed E-state index contributed by atoms with van der Waals surface area (Å²) in [5.74, 6) is -0.0285. The average Bonchev–Trinajstić information content (AvgIpc) is 3.13. The number of amides is 2. The first-order chi connectivity index (χ1) is 17.7. The molecule has 1 aromatic carbocycles. The van der Waals surface area contributed by atoms with Crippen LogP contribution in [0, 0.1) is 0 Å². The maximum atomic E-state index is 13.4. The van der Waals surface area contributed by atoms with Crippen molar-refractivity contribution < 1.29 is 14.3 Å². The summed E-state index contributed by atoms with van der Waals surface area (Å²) in [6.07, 6.45) is 7.86. The van der Waals surface area contributed by atoms with Gasteiger partial charge in [0.15, 0.2) is 0 Å². The largest absolute Gasteiger partial charge is 0.444 e. The molecule has 0 saturated carbocycles. The molecule has 2 aliphatic rings. The fraction of sp³-hybridized carbons (Fsp3) is 0.607. The first kappa shape index (κ1) is 27.5. The molecular weight excluding hydrogens is 490 g/mol. The van der Waals surface area contributed by atoms with Crippen LogP contribution in [0.5, 0.6) is 0 Å². The summed E-state index contributed by atoms with van der Waals surface area (Å²) in [6, 6.07) is 7.51. The Labute approximate surface area is 225 Å². The molecule has 2 aliphatic heterocycles. The molecule has 2 aromatic rings. The SMILES string of the molecule is CC(C)(C)OC(=O)N1CCC(c2c(C(=O)NCCN3CCCCCC3)cnn2-c2cccc(Cl)c2)CC1.